The Morgan fingerprint density at radius 2 is 1.67 bits per heavy atom. The number of nitrogens with one attached hydrogen (secondary N) is 1. The number of aromatic nitrogens is 1. The molecule has 0 aliphatic carbocycles. The Kier molecular flexibility index (Phi) is 5.98. The van der Waals surface area contributed by atoms with Gasteiger partial charge in [0.05, 0.1) is 0 Å². The van der Waals surface area contributed by atoms with Gasteiger partial charge in [0.2, 0.25) is 6.41 Å². The second-order valence-corrected chi connectivity index (χ2v) is 6.18. The van der Waals surface area contributed by atoms with Gasteiger partial charge in [-0.1, -0.05) is 47.6 Å². The third-order valence-electron chi connectivity index (χ3n) is 2.39. The fourth-order valence-corrected chi connectivity index (χ4v) is 1.61. The van der Waals surface area contributed by atoms with Crippen LogP contribution in [0.25, 0.3) is 0 Å². The van der Waals surface area contributed by atoms with Crippen LogP contribution in [-0.2, 0) is 15.6 Å². The van der Waals surface area contributed by atoms with Gasteiger partial charge in [-0.15, -0.1) is 0 Å². The summed E-state index contributed by atoms with van der Waals surface area (Å²) in [5.41, 5.74) is 4.63. The number of nitrogens with two attached hydrogens (primary N) is 1. The fraction of sp³-hybridized carbons (Fsp3) is 0.571. The smallest absolute Gasteiger partial charge is 0.221 e. The predicted molar refractivity (Wildman–Crippen MR) is 75.0 cm³/mol. The third-order valence-corrected chi connectivity index (χ3v) is 2.39. The van der Waals surface area contributed by atoms with Crippen molar-refractivity contribution < 1.29 is 4.79 Å². The van der Waals surface area contributed by atoms with Gasteiger partial charge in [-0.3, -0.25) is 15.2 Å². The molecule has 3 N–H and O–H groups in total. The number of hydrogen-bond donors (Lipinski definition) is 2. The van der Waals surface area contributed by atoms with Gasteiger partial charge >= 0.3 is 0 Å². The molecule has 4 heteroatoms. The maximum atomic E-state index is 8.94. The first-order valence-corrected chi connectivity index (χ1v) is 6.00. The van der Waals surface area contributed by atoms with Crippen molar-refractivity contribution in [2.24, 2.45) is 5.84 Å². The Labute approximate surface area is 110 Å². The largest absolute Gasteiger partial charge is 0.297 e. The third kappa shape index (κ3) is 5.27. The van der Waals surface area contributed by atoms with Crippen LogP contribution in [0.5, 0.6) is 0 Å². The minimum atomic E-state index is 0.129. The van der Waals surface area contributed by atoms with Gasteiger partial charge in [-0.25, -0.2) is 5.84 Å². The number of hydrogen-bond acceptors (Lipinski definition) is 3. The molecule has 0 atom stereocenters. The van der Waals surface area contributed by atoms with E-state index in [4.69, 9.17) is 4.79 Å². The lowest BCUT2D eigenvalue weighted by Gasteiger charge is -2.28. The van der Waals surface area contributed by atoms with Gasteiger partial charge < -0.3 is 0 Å². The lowest BCUT2D eigenvalue weighted by Crippen LogP contribution is -2.23. The van der Waals surface area contributed by atoms with Crippen LogP contribution in [0.4, 0.5) is 0 Å². The van der Waals surface area contributed by atoms with E-state index < -0.39 is 0 Å². The zero-order valence-corrected chi connectivity index (χ0v) is 12.2. The summed E-state index contributed by atoms with van der Waals surface area (Å²) in [5, 5.41) is 0. The van der Waals surface area contributed by atoms with Crippen LogP contribution in [0.2, 0.25) is 0 Å². The van der Waals surface area contributed by atoms with E-state index in [1.54, 1.807) is 5.43 Å². The monoisotopic (exact) mass is 251 g/mol. The van der Waals surface area contributed by atoms with Gasteiger partial charge in [-0.05, 0) is 17.0 Å². The van der Waals surface area contributed by atoms with Gasteiger partial charge in [-0.2, -0.15) is 0 Å². The summed E-state index contributed by atoms with van der Waals surface area (Å²) in [5.74, 6) is 4.41. The molecule has 18 heavy (non-hydrogen) atoms. The average molecular weight is 251 g/mol. The summed E-state index contributed by atoms with van der Waals surface area (Å²) in [4.78, 5) is 13.5. The molecule has 0 aromatic carbocycles. The number of hydrazine groups is 1. The zero-order valence-electron chi connectivity index (χ0n) is 12.2. The number of pyridine rings is 1. The van der Waals surface area contributed by atoms with Crippen molar-refractivity contribution in [1.82, 2.24) is 10.4 Å². The molecule has 0 aliphatic rings. The van der Waals surface area contributed by atoms with Crippen molar-refractivity contribution in [3.63, 3.8) is 0 Å². The quantitative estimate of drug-likeness (QED) is 0.348. The summed E-state index contributed by atoms with van der Waals surface area (Å²) in [6, 6.07) is 4.21. The van der Waals surface area contributed by atoms with E-state index in [1.165, 1.54) is 11.3 Å². The molecule has 1 heterocycles. The SMILES string of the molecule is CC(C)(C)c1cccnc1C(C)(C)C.NNC=O. The molecule has 1 rings (SSSR count). The molecule has 4 nitrogen and oxygen atoms in total. The first-order chi connectivity index (χ1) is 8.14. The summed E-state index contributed by atoms with van der Waals surface area (Å²) in [6.45, 7) is 13.3. The molecular formula is C14H25N3O. The van der Waals surface area contributed by atoms with E-state index in [0.717, 1.165) is 0 Å². The van der Waals surface area contributed by atoms with Crippen molar-refractivity contribution >= 4 is 6.41 Å². The highest BCUT2D eigenvalue weighted by Gasteiger charge is 2.25. The lowest BCUT2D eigenvalue weighted by atomic mass is 9.78. The maximum absolute atomic E-state index is 8.94. The van der Waals surface area contributed by atoms with E-state index in [-0.39, 0.29) is 10.8 Å². The molecular weight excluding hydrogens is 226 g/mol. The molecule has 0 aliphatic heterocycles. The number of nitrogens with zero attached hydrogens (tertiary/aromatic N) is 1. The number of amides is 1. The minimum Gasteiger partial charge on any atom is -0.297 e. The maximum Gasteiger partial charge on any atom is 0.221 e. The molecule has 1 amide bonds. The second-order valence-electron chi connectivity index (χ2n) is 6.18. The van der Waals surface area contributed by atoms with E-state index in [9.17, 15) is 0 Å². The standard InChI is InChI=1S/C13H21N.CH4N2O/c1-12(2,3)10-8-7-9-14-11(10)13(4,5)6;2-3-1-4/h7-9H,1-6H3;1H,2H2,(H,3,4). The van der Waals surface area contributed by atoms with Gasteiger partial charge in [0.1, 0.15) is 0 Å². The first kappa shape index (κ1) is 16.6. The molecule has 102 valence electrons. The normalized spacial score (nSPS) is 11.3. The van der Waals surface area contributed by atoms with Crippen LogP contribution < -0.4 is 11.3 Å². The molecule has 1 aromatic rings. The zero-order chi connectivity index (χ0) is 14.4. The highest BCUT2D eigenvalue weighted by molar-refractivity contribution is 5.44. The second kappa shape index (κ2) is 6.50. The molecule has 0 spiro atoms. The summed E-state index contributed by atoms with van der Waals surface area (Å²) in [7, 11) is 0. The minimum absolute atomic E-state index is 0.129. The predicted octanol–water partition coefficient (Wildman–Crippen LogP) is 2.28. The van der Waals surface area contributed by atoms with E-state index in [0.29, 0.717) is 6.41 Å². The van der Waals surface area contributed by atoms with Gasteiger partial charge in [0, 0.05) is 17.3 Å². The molecule has 0 bridgehead atoms. The van der Waals surface area contributed by atoms with E-state index in [2.05, 4.69) is 58.4 Å². The van der Waals surface area contributed by atoms with Crippen LogP contribution in [-0.4, -0.2) is 11.4 Å². The van der Waals surface area contributed by atoms with Gasteiger partial charge in [0.25, 0.3) is 0 Å². The Morgan fingerprint density at radius 1 is 1.17 bits per heavy atom. The van der Waals surface area contributed by atoms with Crippen LogP contribution in [0.1, 0.15) is 52.8 Å². The van der Waals surface area contributed by atoms with Crippen molar-refractivity contribution in [2.75, 3.05) is 0 Å². The number of carbonyl (C=O) groups excluding carboxylic acids is 1. The summed E-state index contributed by atoms with van der Waals surface area (Å²) >= 11 is 0. The van der Waals surface area contributed by atoms with Crippen LogP contribution in [0, 0.1) is 0 Å². The van der Waals surface area contributed by atoms with Crippen molar-refractivity contribution in [2.45, 2.75) is 52.4 Å². The Balaban J connectivity index is 0.000000631. The molecule has 0 unspecified atom stereocenters. The lowest BCUT2D eigenvalue weighted by molar-refractivity contribution is -0.109. The van der Waals surface area contributed by atoms with Crippen LogP contribution >= 0.6 is 0 Å². The average Bonchev–Trinajstić information content (AvgIpc) is 2.27. The molecule has 1 aromatic heterocycles. The number of rotatable bonds is 1. The van der Waals surface area contributed by atoms with E-state index >= 15 is 0 Å². The molecule has 0 fully saturated rings. The Hall–Kier alpha value is -1.42. The number of carbonyl (C=O) groups is 1. The van der Waals surface area contributed by atoms with Crippen LogP contribution in [0.15, 0.2) is 18.3 Å². The van der Waals surface area contributed by atoms with Crippen LogP contribution in [0.3, 0.4) is 0 Å². The first-order valence-electron chi connectivity index (χ1n) is 6.00. The topological polar surface area (TPSA) is 68.0 Å². The van der Waals surface area contributed by atoms with Crippen molar-refractivity contribution in [3.8, 4) is 0 Å². The molecule has 0 saturated carbocycles. The molecule has 0 saturated heterocycles. The Morgan fingerprint density at radius 3 is 1.94 bits per heavy atom. The molecule has 0 radical (unpaired) electrons. The van der Waals surface area contributed by atoms with Crippen molar-refractivity contribution in [1.29, 1.82) is 0 Å². The van der Waals surface area contributed by atoms with E-state index in [1.807, 2.05) is 12.3 Å². The summed E-state index contributed by atoms with van der Waals surface area (Å²) in [6.07, 6.45) is 2.29. The Bertz CT molecular complexity index is 342. The van der Waals surface area contributed by atoms with Gasteiger partial charge in [0.15, 0.2) is 0 Å². The van der Waals surface area contributed by atoms with Crippen molar-refractivity contribution in [3.05, 3.63) is 29.6 Å². The summed E-state index contributed by atoms with van der Waals surface area (Å²) < 4.78 is 0. The highest BCUT2D eigenvalue weighted by Crippen LogP contribution is 2.31. The highest BCUT2D eigenvalue weighted by atomic mass is 16.1. The fourth-order valence-electron chi connectivity index (χ4n) is 1.61.